The van der Waals surface area contributed by atoms with E-state index in [1.807, 2.05) is 24.3 Å². The van der Waals surface area contributed by atoms with Gasteiger partial charge in [0.2, 0.25) is 0 Å². The van der Waals surface area contributed by atoms with E-state index < -0.39 is 0 Å². The molecule has 2 atom stereocenters. The molecule has 1 aliphatic carbocycles. The Labute approximate surface area is 119 Å². The van der Waals surface area contributed by atoms with Gasteiger partial charge in [0.05, 0.1) is 0 Å². The predicted octanol–water partition coefficient (Wildman–Crippen LogP) is 5.04. The lowest BCUT2D eigenvalue weighted by atomic mass is 9.82. The Balaban J connectivity index is 1.89. The van der Waals surface area contributed by atoms with Gasteiger partial charge in [-0.1, -0.05) is 42.8 Å². The van der Waals surface area contributed by atoms with Crippen LogP contribution in [-0.2, 0) is 6.42 Å². The lowest BCUT2D eigenvalue weighted by Gasteiger charge is -2.31. The van der Waals surface area contributed by atoms with Gasteiger partial charge in [0.15, 0.2) is 0 Å². The molecule has 0 spiro atoms. The van der Waals surface area contributed by atoms with Gasteiger partial charge in [0, 0.05) is 5.02 Å². The van der Waals surface area contributed by atoms with Gasteiger partial charge in [-0.2, -0.15) is 0 Å². The fourth-order valence-electron chi connectivity index (χ4n) is 2.72. The predicted molar refractivity (Wildman–Crippen MR) is 78.7 cm³/mol. The van der Waals surface area contributed by atoms with E-state index in [2.05, 4.69) is 31.2 Å². The average Bonchev–Trinajstić information content (AvgIpc) is 2.44. The zero-order valence-corrected chi connectivity index (χ0v) is 11.7. The maximum atomic E-state index is 6.19. The second-order valence-corrected chi connectivity index (χ2v) is 5.64. The highest BCUT2D eigenvalue weighted by atomic mass is 35.5. The molecule has 0 saturated carbocycles. The highest BCUT2D eigenvalue weighted by molar-refractivity contribution is 6.30. The third-order valence-electron chi connectivity index (χ3n) is 3.82. The average molecular weight is 273 g/mol. The minimum absolute atomic E-state index is 0.145. The summed E-state index contributed by atoms with van der Waals surface area (Å²) >= 11 is 5.91. The van der Waals surface area contributed by atoms with Crippen molar-refractivity contribution in [2.45, 2.75) is 25.9 Å². The van der Waals surface area contributed by atoms with E-state index in [-0.39, 0.29) is 6.10 Å². The molecule has 0 N–H and O–H groups in total. The van der Waals surface area contributed by atoms with Crippen molar-refractivity contribution in [3.05, 3.63) is 64.7 Å². The highest BCUT2D eigenvalue weighted by Gasteiger charge is 2.27. The van der Waals surface area contributed by atoms with Crippen molar-refractivity contribution in [3.8, 4) is 5.75 Å². The van der Waals surface area contributed by atoms with Gasteiger partial charge in [0.25, 0.3) is 0 Å². The Morgan fingerprint density at radius 3 is 2.58 bits per heavy atom. The SMILES string of the molecule is CC1CCc2ccccc2[C@@H]1Oc1ccc(Cl)cc1. The fourth-order valence-corrected chi connectivity index (χ4v) is 2.85. The number of hydrogen-bond acceptors (Lipinski definition) is 1. The zero-order valence-electron chi connectivity index (χ0n) is 11.0. The van der Waals surface area contributed by atoms with Gasteiger partial charge < -0.3 is 4.74 Å². The number of aryl methyl sites for hydroxylation is 1. The van der Waals surface area contributed by atoms with Crippen LogP contribution >= 0.6 is 11.6 Å². The summed E-state index contributed by atoms with van der Waals surface area (Å²) in [4.78, 5) is 0. The minimum atomic E-state index is 0.145. The smallest absolute Gasteiger partial charge is 0.127 e. The molecule has 98 valence electrons. The highest BCUT2D eigenvalue weighted by Crippen LogP contribution is 2.37. The maximum absolute atomic E-state index is 6.19. The van der Waals surface area contributed by atoms with Gasteiger partial charge in [-0.05, 0) is 54.2 Å². The van der Waals surface area contributed by atoms with Crippen LogP contribution < -0.4 is 4.74 Å². The molecule has 0 radical (unpaired) electrons. The van der Waals surface area contributed by atoms with Crippen molar-refractivity contribution >= 4 is 11.6 Å². The molecular weight excluding hydrogens is 256 g/mol. The van der Waals surface area contributed by atoms with Crippen molar-refractivity contribution < 1.29 is 4.74 Å². The first-order chi connectivity index (χ1) is 9.24. The lowest BCUT2D eigenvalue weighted by Crippen LogP contribution is -2.23. The van der Waals surface area contributed by atoms with Crippen molar-refractivity contribution in [1.29, 1.82) is 0 Å². The number of halogens is 1. The van der Waals surface area contributed by atoms with Gasteiger partial charge in [0.1, 0.15) is 11.9 Å². The maximum Gasteiger partial charge on any atom is 0.127 e. The van der Waals surface area contributed by atoms with Crippen LogP contribution in [0.1, 0.15) is 30.6 Å². The molecule has 19 heavy (non-hydrogen) atoms. The number of ether oxygens (including phenoxy) is 1. The van der Waals surface area contributed by atoms with Crippen LogP contribution in [0.25, 0.3) is 0 Å². The number of rotatable bonds is 2. The summed E-state index contributed by atoms with van der Waals surface area (Å²) in [5, 5.41) is 0.740. The van der Waals surface area contributed by atoms with E-state index >= 15 is 0 Å². The van der Waals surface area contributed by atoms with E-state index in [1.165, 1.54) is 17.5 Å². The van der Waals surface area contributed by atoms with Crippen molar-refractivity contribution in [1.82, 2.24) is 0 Å². The number of hydrogen-bond donors (Lipinski definition) is 0. The van der Waals surface area contributed by atoms with E-state index in [9.17, 15) is 0 Å². The molecule has 0 aliphatic heterocycles. The Kier molecular flexibility index (Phi) is 3.48. The molecule has 2 aromatic rings. The second-order valence-electron chi connectivity index (χ2n) is 5.21. The van der Waals surface area contributed by atoms with Gasteiger partial charge >= 0.3 is 0 Å². The summed E-state index contributed by atoms with van der Waals surface area (Å²) in [7, 11) is 0. The Bertz CT molecular complexity index is 562. The molecule has 2 aromatic carbocycles. The number of benzene rings is 2. The molecule has 0 heterocycles. The van der Waals surface area contributed by atoms with Crippen LogP contribution in [0.15, 0.2) is 48.5 Å². The molecule has 0 fully saturated rings. The Morgan fingerprint density at radius 1 is 1.05 bits per heavy atom. The van der Waals surface area contributed by atoms with E-state index in [4.69, 9.17) is 16.3 Å². The van der Waals surface area contributed by atoms with E-state index in [0.717, 1.165) is 17.2 Å². The van der Waals surface area contributed by atoms with Gasteiger partial charge in [-0.25, -0.2) is 0 Å². The minimum Gasteiger partial charge on any atom is -0.485 e. The topological polar surface area (TPSA) is 9.23 Å². The molecule has 1 nitrogen and oxygen atoms in total. The first kappa shape index (κ1) is 12.6. The molecule has 1 unspecified atom stereocenters. The molecular formula is C17H17ClO. The molecule has 2 heteroatoms. The molecule has 0 saturated heterocycles. The molecule has 0 aromatic heterocycles. The molecule has 1 aliphatic rings. The summed E-state index contributed by atoms with van der Waals surface area (Å²) in [5.41, 5.74) is 2.75. The van der Waals surface area contributed by atoms with Crippen LogP contribution in [0.3, 0.4) is 0 Å². The third kappa shape index (κ3) is 2.62. The Hall–Kier alpha value is -1.47. The van der Waals surface area contributed by atoms with E-state index in [1.54, 1.807) is 0 Å². The van der Waals surface area contributed by atoms with Crippen molar-refractivity contribution in [2.24, 2.45) is 5.92 Å². The largest absolute Gasteiger partial charge is 0.485 e. The van der Waals surface area contributed by atoms with Gasteiger partial charge in [-0.3, -0.25) is 0 Å². The molecule has 0 bridgehead atoms. The first-order valence-electron chi connectivity index (χ1n) is 6.74. The summed E-state index contributed by atoms with van der Waals surface area (Å²) in [6.07, 6.45) is 2.47. The fraction of sp³-hybridized carbons (Fsp3) is 0.294. The summed E-state index contributed by atoms with van der Waals surface area (Å²) < 4.78 is 6.19. The van der Waals surface area contributed by atoms with E-state index in [0.29, 0.717) is 5.92 Å². The normalized spacial score (nSPS) is 21.8. The molecule has 0 amide bonds. The second kappa shape index (κ2) is 5.26. The van der Waals surface area contributed by atoms with Crippen molar-refractivity contribution in [3.63, 3.8) is 0 Å². The lowest BCUT2D eigenvalue weighted by molar-refractivity contribution is 0.129. The zero-order chi connectivity index (χ0) is 13.2. The van der Waals surface area contributed by atoms with Crippen molar-refractivity contribution in [2.75, 3.05) is 0 Å². The summed E-state index contributed by atoms with van der Waals surface area (Å²) in [6, 6.07) is 16.2. The van der Waals surface area contributed by atoms with Crippen LogP contribution in [0.4, 0.5) is 0 Å². The van der Waals surface area contributed by atoms with Crippen LogP contribution in [0, 0.1) is 5.92 Å². The van der Waals surface area contributed by atoms with Crippen LogP contribution in [-0.4, -0.2) is 0 Å². The molecule has 3 rings (SSSR count). The summed E-state index contributed by atoms with van der Waals surface area (Å²) in [6.45, 7) is 2.26. The Morgan fingerprint density at radius 2 is 1.79 bits per heavy atom. The quantitative estimate of drug-likeness (QED) is 0.744. The first-order valence-corrected chi connectivity index (χ1v) is 7.12. The standard InChI is InChI=1S/C17H17ClO/c1-12-6-7-13-4-2-3-5-16(13)17(12)19-15-10-8-14(18)9-11-15/h2-5,8-12,17H,6-7H2,1H3/t12?,17-/m1/s1. The van der Waals surface area contributed by atoms with Crippen LogP contribution in [0.2, 0.25) is 5.02 Å². The van der Waals surface area contributed by atoms with Gasteiger partial charge in [-0.15, -0.1) is 0 Å². The third-order valence-corrected chi connectivity index (χ3v) is 4.08. The number of fused-ring (bicyclic) bond motifs is 1. The monoisotopic (exact) mass is 272 g/mol. The summed E-state index contributed by atoms with van der Waals surface area (Å²) in [5.74, 6) is 1.42. The van der Waals surface area contributed by atoms with Crippen LogP contribution in [0.5, 0.6) is 5.75 Å².